The third kappa shape index (κ3) is 7.53. The molecule has 0 radical (unpaired) electrons. The zero-order valence-corrected chi connectivity index (χ0v) is 18.3. The fourth-order valence-electron chi connectivity index (χ4n) is 2.32. The Morgan fingerprint density at radius 1 is 1.10 bits per heavy atom. The van der Waals surface area contributed by atoms with Gasteiger partial charge in [0.1, 0.15) is 5.75 Å². The van der Waals surface area contributed by atoms with E-state index in [4.69, 9.17) is 40.2 Å². The molecule has 0 aliphatic carbocycles. The van der Waals surface area contributed by atoms with Crippen LogP contribution in [0, 0.1) is 0 Å². The molecular formula is C20H21Cl2N3O3S. The number of thiocarbonyl (C=S) groups is 1. The van der Waals surface area contributed by atoms with Gasteiger partial charge in [-0.25, -0.2) is 0 Å². The van der Waals surface area contributed by atoms with Crippen LogP contribution in [0.3, 0.4) is 0 Å². The number of halogens is 2. The summed E-state index contributed by atoms with van der Waals surface area (Å²) >= 11 is 17.1. The number of carbonyl (C=O) groups excluding carboxylic acids is 2. The van der Waals surface area contributed by atoms with E-state index in [0.717, 1.165) is 6.42 Å². The van der Waals surface area contributed by atoms with Crippen LogP contribution in [-0.2, 0) is 9.59 Å². The van der Waals surface area contributed by atoms with Gasteiger partial charge in [0.05, 0.1) is 5.02 Å². The van der Waals surface area contributed by atoms with Crippen LogP contribution in [0.4, 0.5) is 11.4 Å². The van der Waals surface area contributed by atoms with Crippen molar-refractivity contribution in [3.63, 3.8) is 0 Å². The first kappa shape index (κ1) is 22.9. The smallest absolute Gasteiger partial charge is 0.266 e. The molecule has 2 amide bonds. The zero-order valence-electron chi connectivity index (χ0n) is 15.9. The fraction of sp³-hybridized carbons (Fsp3) is 0.250. The molecule has 9 heteroatoms. The Hall–Kier alpha value is -2.35. The second kappa shape index (κ2) is 11.0. The van der Waals surface area contributed by atoms with Crippen molar-refractivity contribution < 1.29 is 14.3 Å². The molecule has 2 aromatic rings. The van der Waals surface area contributed by atoms with Crippen molar-refractivity contribution in [3.05, 3.63) is 52.5 Å². The van der Waals surface area contributed by atoms with E-state index in [1.54, 1.807) is 43.3 Å². The molecule has 0 bridgehead atoms. The van der Waals surface area contributed by atoms with Gasteiger partial charge in [0.2, 0.25) is 5.91 Å². The molecule has 3 N–H and O–H groups in total. The number of amides is 2. The van der Waals surface area contributed by atoms with Crippen molar-refractivity contribution in [1.82, 2.24) is 5.32 Å². The molecule has 0 aliphatic rings. The number of rotatable bonds is 7. The third-order valence-corrected chi connectivity index (χ3v) is 4.42. The predicted octanol–water partition coefficient (Wildman–Crippen LogP) is 5.01. The molecule has 0 aliphatic heterocycles. The summed E-state index contributed by atoms with van der Waals surface area (Å²) in [7, 11) is 0. The van der Waals surface area contributed by atoms with Crippen LogP contribution >= 0.6 is 35.4 Å². The quantitative estimate of drug-likeness (QED) is 0.513. The van der Waals surface area contributed by atoms with Gasteiger partial charge in [0.25, 0.3) is 5.91 Å². The number of carbonyl (C=O) groups is 2. The Labute approximate surface area is 184 Å². The highest BCUT2D eigenvalue weighted by Gasteiger charge is 2.17. The minimum Gasteiger partial charge on any atom is -0.479 e. The summed E-state index contributed by atoms with van der Waals surface area (Å²) in [4.78, 5) is 24.0. The molecule has 0 fully saturated rings. The predicted molar refractivity (Wildman–Crippen MR) is 121 cm³/mol. The lowest BCUT2D eigenvalue weighted by Crippen LogP contribution is -2.42. The highest BCUT2D eigenvalue weighted by atomic mass is 35.5. The summed E-state index contributed by atoms with van der Waals surface area (Å²) in [6.07, 6.45) is 0.372. The van der Waals surface area contributed by atoms with E-state index < -0.39 is 12.0 Å². The Morgan fingerprint density at radius 2 is 1.79 bits per heavy atom. The molecule has 0 saturated heterocycles. The van der Waals surface area contributed by atoms with Gasteiger partial charge < -0.3 is 15.4 Å². The van der Waals surface area contributed by atoms with Gasteiger partial charge >= 0.3 is 0 Å². The SMILES string of the molecule is CCCC(=O)Nc1cccc(NC(=S)NC(=O)[C@@H](C)Oc2ccc(Cl)cc2Cl)c1. The topological polar surface area (TPSA) is 79.5 Å². The minimum atomic E-state index is -0.840. The maximum absolute atomic E-state index is 12.3. The van der Waals surface area contributed by atoms with Crippen LogP contribution in [0.15, 0.2) is 42.5 Å². The van der Waals surface area contributed by atoms with E-state index in [0.29, 0.717) is 33.6 Å². The lowest BCUT2D eigenvalue weighted by Gasteiger charge is -2.17. The highest BCUT2D eigenvalue weighted by molar-refractivity contribution is 7.80. The molecule has 1 atom stereocenters. The van der Waals surface area contributed by atoms with Crippen molar-refractivity contribution in [3.8, 4) is 5.75 Å². The van der Waals surface area contributed by atoms with Crippen molar-refractivity contribution in [2.24, 2.45) is 0 Å². The van der Waals surface area contributed by atoms with Crippen LogP contribution < -0.4 is 20.7 Å². The number of hydrogen-bond donors (Lipinski definition) is 3. The molecule has 0 saturated carbocycles. The standard InChI is InChI=1S/C20H21Cl2N3O3S/c1-3-5-18(26)23-14-6-4-7-15(11-14)24-20(29)25-19(27)12(2)28-17-9-8-13(21)10-16(17)22/h4,6-12H,3,5H2,1-2H3,(H,23,26)(H2,24,25,27,29)/t12-/m1/s1. The maximum Gasteiger partial charge on any atom is 0.266 e. The zero-order chi connectivity index (χ0) is 21.4. The molecule has 2 rings (SSSR count). The molecule has 29 heavy (non-hydrogen) atoms. The van der Waals surface area contributed by atoms with Crippen LogP contribution in [0.1, 0.15) is 26.7 Å². The van der Waals surface area contributed by atoms with Crippen LogP contribution in [0.25, 0.3) is 0 Å². The molecule has 2 aromatic carbocycles. The molecule has 0 spiro atoms. The van der Waals surface area contributed by atoms with Crippen molar-refractivity contribution >= 4 is 63.7 Å². The number of anilines is 2. The Kier molecular flexibility index (Phi) is 8.70. The summed E-state index contributed by atoms with van der Waals surface area (Å²) in [6, 6.07) is 11.8. The van der Waals surface area contributed by atoms with Gasteiger partial charge in [-0.05, 0) is 62.0 Å². The van der Waals surface area contributed by atoms with Gasteiger partial charge in [-0.1, -0.05) is 36.2 Å². The summed E-state index contributed by atoms with van der Waals surface area (Å²) in [5.74, 6) is -0.165. The first-order valence-corrected chi connectivity index (χ1v) is 10.1. The number of nitrogens with one attached hydrogen (secondary N) is 3. The first-order chi connectivity index (χ1) is 13.8. The van der Waals surface area contributed by atoms with Gasteiger partial charge in [-0.3, -0.25) is 14.9 Å². The summed E-state index contributed by atoms with van der Waals surface area (Å²) in [5.41, 5.74) is 1.26. The Bertz CT molecular complexity index is 908. The lowest BCUT2D eigenvalue weighted by molar-refractivity contribution is -0.125. The number of hydrogen-bond acceptors (Lipinski definition) is 4. The molecule has 0 unspecified atom stereocenters. The molecule has 0 heterocycles. The van der Waals surface area contributed by atoms with Gasteiger partial charge in [-0.15, -0.1) is 0 Å². The van der Waals surface area contributed by atoms with Crippen molar-refractivity contribution in [2.75, 3.05) is 10.6 Å². The van der Waals surface area contributed by atoms with E-state index >= 15 is 0 Å². The normalized spacial score (nSPS) is 11.3. The molecule has 6 nitrogen and oxygen atoms in total. The molecular weight excluding hydrogens is 433 g/mol. The summed E-state index contributed by atoms with van der Waals surface area (Å²) < 4.78 is 5.56. The van der Waals surface area contributed by atoms with E-state index in [-0.39, 0.29) is 11.0 Å². The summed E-state index contributed by atoms with van der Waals surface area (Å²) in [5, 5.41) is 9.14. The van der Waals surface area contributed by atoms with Crippen molar-refractivity contribution in [1.29, 1.82) is 0 Å². The second-order valence-electron chi connectivity index (χ2n) is 6.16. The molecule has 154 valence electrons. The average molecular weight is 454 g/mol. The van der Waals surface area contributed by atoms with E-state index in [2.05, 4.69) is 16.0 Å². The maximum atomic E-state index is 12.3. The van der Waals surface area contributed by atoms with E-state index in [1.165, 1.54) is 6.07 Å². The third-order valence-electron chi connectivity index (χ3n) is 3.68. The monoisotopic (exact) mass is 453 g/mol. The average Bonchev–Trinajstić information content (AvgIpc) is 2.64. The van der Waals surface area contributed by atoms with Crippen LogP contribution in [0.5, 0.6) is 5.75 Å². The highest BCUT2D eigenvalue weighted by Crippen LogP contribution is 2.28. The number of benzene rings is 2. The van der Waals surface area contributed by atoms with Gasteiger partial charge in [-0.2, -0.15) is 0 Å². The summed E-state index contributed by atoms with van der Waals surface area (Å²) in [6.45, 7) is 3.51. The van der Waals surface area contributed by atoms with Gasteiger partial charge in [0.15, 0.2) is 11.2 Å². The fourth-order valence-corrected chi connectivity index (χ4v) is 2.99. The lowest BCUT2D eigenvalue weighted by atomic mass is 10.2. The van der Waals surface area contributed by atoms with Crippen LogP contribution in [0.2, 0.25) is 10.0 Å². The van der Waals surface area contributed by atoms with E-state index in [1.807, 2.05) is 6.92 Å². The van der Waals surface area contributed by atoms with Crippen LogP contribution in [-0.4, -0.2) is 23.0 Å². The second-order valence-corrected chi connectivity index (χ2v) is 7.41. The Morgan fingerprint density at radius 3 is 2.45 bits per heavy atom. The van der Waals surface area contributed by atoms with Crippen molar-refractivity contribution in [2.45, 2.75) is 32.8 Å². The molecule has 0 aromatic heterocycles. The largest absolute Gasteiger partial charge is 0.479 e. The number of ether oxygens (including phenoxy) is 1. The van der Waals surface area contributed by atoms with E-state index in [9.17, 15) is 9.59 Å². The Balaban J connectivity index is 1.91. The minimum absolute atomic E-state index is 0.0626. The van der Waals surface area contributed by atoms with Gasteiger partial charge in [0, 0.05) is 22.8 Å². The first-order valence-electron chi connectivity index (χ1n) is 8.92.